The summed E-state index contributed by atoms with van der Waals surface area (Å²) >= 11 is 7.37. The van der Waals surface area contributed by atoms with E-state index in [2.05, 4.69) is 34.7 Å². The van der Waals surface area contributed by atoms with E-state index >= 15 is 0 Å². The topological polar surface area (TPSA) is 33.7 Å². The molecule has 0 spiro atoms. The number of hydrogen-bond acceptors (Lipinski definition) is 4. The van der Waals surface area contributed by atoms with E-state index in [0.29, 0.717) is 11.7 Å². The summed E-state index contributed by atoms with van der Waals surface area (Å²) < 4.78 is 10.6. The summed E-state index contributed by atoms with van der Waals surface area (Å²) in [6, 6.07) is 12.1. The van der Waals surface area contributed by atoms with Crippen molar-refractivity contribution in [1.29, 1.82) is 0 Å². The SMILES string of the molecule is COCCN(C(=S)Nc1ccccc1OC)[C@@H](C)c1cccs1. The molecule has 0 fully saturated rings. The lowest BCUT2D eigenvalue weighted by atomic mass is 10.2. The zero-order chi connectivity index (χ0) is 16.7. The molecule has 0 aliphatic heterocycles. The molecule has 2 aromatic rings. The number of methoxy groups -OCH3 is 2. The van der Waals surface area contributed by atoms with E-state index in [1.165, 1.54) is 4.88 Å². The monoisotopic (exact) mass is 350 g/mol. The lowest BCUT2D eigenvalue weighted by Crippen LogP contribution is -2.38. The molecule has 0 bridgehead atoms. The average Bonchev–Trinajstić information content (AvgIpc) is 3.10. The Balaban J connectivity index is 2.16. The van der Waals surface area contributed by atoms with Crippen LogP contribution < -0.4 is 10.1 Å². The number of anilines is 1. The summed E-state index contributed by atoms with van der Waals surface area (Å²) in [6.45, 7) is 3.48. The quantitative estimate of drug-likeness (QED) is 0.758. The van der Waals surface area contributed by atoms with Crippen LogP contribution in [0.2, 0.25) is 0 Å². The van der Waals surface area contributed by atoms with Crippen molar-refractivity contribution < 1.29 is 9.47 Å². The van der Waals surface area contributed by atoms with Gasteiger partial charge < -0.3 is 19.7 Å². The van der Waals surface area contributed by atoms with Gasteiger partial charge in [-0.1, -0.05) is 18.2 Å². The zero-order valence-electron chi connectivity index (χ0n) is 13.6. The Morgan fingerprint density at radius 3 is 2.70 bits per heavy atom. The molecule has 1 heterocycles. The van der Waals surface area contributed by atoms with E-state index in [4.69, 9.17) is 21.7 Å². The molecule has 1 atom stereocenters. The summed E-state index contributed by atoms with van der Waals surface area (Å²) in [6.07, 6.45) is 0. The molecule has 124 valence electrons. The second-order valence-corrected chi connectivity index (χ2v) is 6.37. The van der Waals surface area contributed by atoms with Gasteiger partial charge in [0, 0.05) is 18.5 Å². The predicted octanol–water partition coefficient (Wildman–Crippen LogP) is 4.16. The van der Waals surface area contributed by atoms with Crippen molar-refractivity contribution in [2.75, 3.05) is 32.7 Å². The second kappa shape index (κ2) is 8.86. The van der Waals surface area contributed by atoms with Crippen molar-refractivity contribution in [2.45, 2.75) is 13.0 Å². The van der Waals surface area contributed by atoms with Crippen LogP contribution in [0.25, 0.3) is 0 Å². The first-order valence-electron chi connectivity index (χ1n) is 7.40. The molecule has 0 saturated carbocycles. The van der Waals surface area contributed by atoms with Gasteiger partial charge in [0.15, 0.2) is 5.11 Å². The molecule has 2 rings (SSSR count). The molecule has 6 heteroatoms. The maximum absolute atomic E-state index is 5.64. The smallest absolute Gasteiger partial charge is 0.174 e. The molecular formula is C17H22N2O2S2. The highest BCUT2D eigenvalue weighted by Crippen LogP contribution is 2.27. The van der Waals surface area contributed by atoms with E-state index in [1.807, 2.05) is 24.3 Å². The van der Waals surface area contributed by atoms with E-state index < -0.39 is 0 Å². The largest absolute Gasteiger partial charge is 0.495 e. The van der Waals surface area contributed by atoms with Crippen molar-refractivity contribution in [1.82, 2.24) is 4.90 Å². The fourth-order valence-corrected chi connectivity index (χ4v) is 3.43. The van der Waals surface area contributed by atoms with E-state index in [0.717, 1.165) is 18.0 Å². The van der Waals surface area contributed by atoms with Crippen LogP contribution in [0.5, 0.6) is 5.75 Å². The second-order valence-electron chi connectivity index (χ2n) is 5.01. The Hall–Kier alpha value is -1.63. The third kappa shape index (κ3) is 4.67. The van der Waals surface area contributed by atoms with Gasteiger partial charge in [-0.05, 0) is 42.7 Å². The van der Waals surface area contributed by atoms with Crippen LogP contribution in [-0.4, -0.2) is 37.4 Å². The molecule has 0 aliphatic carbocycles. The van der Waals surface area contributed by atoms with Crippen LogP contribution in [0.3, 0.4) is 0 Å². The van der Waals surface area contributed by atoms with Crippen LogP contribution in [0.15, 0.2) is 41.8 Å². The van der Waals surface area contributed by atoms with Crippen LogP contribution in [0.4, 0.5) is 5.69 Å². The Kier molecular flexibility index (Phi) is 6.83. The lowest BCUT2D eigenvalue weighted by molar-refractivity contribution is 0.166. The minimum atomic E-state index is 0.180. The van der Waals surface area contributed by atoms with Gasteiger partial charge in [-0.25, -0.2) is 0 Å². The number of ether oxygens (including phenoxy) is 2. The molecule has 0 unspecified atom stereocenters. The highest BCUT2D eigenvalue weighted by molar-refractivity contribution is 7.80. The summed E-state index contributed by atoms with van der Waals surface area (Å²) in [7, 11) is 3.35. The molecule has 0 amide bonds. The van der Waals surface area contributed by atoms with Crippen LogP contribution in [0.1, 0.15) is 17.8 Å². The fourth-order valence-electron chi connectivity index (χ4n) is 2.28. The van der Waals surface area contributed by atoms with Crippen molar-refractivity contribution in [3.63, 3.8) is 0 Å². The Morgan fingerprint density at radius 2 is 2.04 bits per heavy atom. The minimum Gasteiger partial charge on any atom is -0.495 e. The van der Waals surface area contributed by atoms with Crippen molar-refractivity contribution in [2.24, 2.45) is 0 Å². The number of nitrogens with zero attached hydrogens (tertiary/aromatic N) is 1. The number of para-hydroxylation sites is 2. The molecule has 0 saturated heterocycles. The highest BCUT2D eigenvalue weighted by atomic mass is 32.1. The fraction of sp³-hybridized carbons (Fsp3) is 0.353. The standard InChI is InChI=1S/C17H22N2O2S2/c1-13(16-9-6-12-23-16)19(10-11-20-2)17(22)18-14-7-4-5-8-15(14)21-3/h4-9,12-13H,10-11H2,1-3H3,(H,18,22)/t13-/m0/s1. The van der Waals surface area contributed by atoms with Crippen molar-refractivity contribution in [3.05, 3.63) is 46.7 Å². The van der Waals surface area contributed by atoms with E-state index in [1.54, 1.807) is 25.6 Å². The number of hydrogen-bond donors (Lipinski definition) is 1. The van der Waals surface area contributed by atoms with Gasteiger partial charge in [-0.2, -0.15) is 0 Å². The van der Waals surface area contributed by atoms with Gasteiger partial charge in [0.1, 0.15) is 5.75 Å². The van der Waals surface area contributed by atoms with Gasteiger partial charge in [0.05, 0.1) is 25.4 Å². The average molecular weight is 351 g/mol. The molecule has 4 nitrogen and oxygen atoms in total. The molecule has 23 heavy (non-hydrogen) atoms. The highest BCUT2D eigenvalue weighted by Gasteiger charge is 2.20. The van der Waals surface area contributed by atoms with Crippen LogP contribution >= 0.6 is 23.6 Å². The predicted molar refractivity (Wildman–Crippen MR) is 101 cm³/mol. The first-order chi connectivity index (χ1) is 11.2. The molecular weight excluding hydrogens is 328 g/mol. The molecule has 1 aromatic heterocycles. The Labute approximate surface area is 147 Å². The Morgan fingerprint density at radius 1 is 1.26 bits per heavy atom. The minimum absolute atomic E-state index is 0.180. The first kappa shape index (κ1) is 17.7. The number of nitrogens with one attached hydrogen (secondary N) is 1. The molecule has 1 aromatic carbocycles. The van der Waals surface area contributed by atoms with Crippen molar-refractivity contribution in [3.8, 4) is 5.75 Å². The number of benzene rings is 1. The van der Waals surface area contributed by atoms with E-state index in [-0.39, 0.29) is 6.04 Å². The molecule has 0 radical (unpaired) electrons. The summed E-state index contributed by atoms with van der Waals surface area (Å²) in [4.78, 5) is 3.40. The number of thiophene rings is 1. The third-order valence-electron chi connectivity index (χ3n) is 3.57. The maximum Gasteiger partial charge on any atom is 0.174 e. The molecule has 0 aliphatic rings. The summed E-state index contributed by atoms with van der Waals surface area (Å²) in [5.41, 5.74) is 0.862. The Bertz CT molecular complexity index is 617. The van der Waals surface area contributed by atoms with Gasteiger partial charge in [0.2, 0.25) is 0 Å². The van der Waals surface area contributed by atoms with Gasteiger partial charge in [-0.3, -0.25) is 0 Å². The number of thiocarbonyl (C=S) groups is 1. The molecule has 1 N–H and O–H groups in total. The van der Waals surface area contributed by atoms with Gasteiger partial charge in [-0.15, -0.1) is 11.3 Å². The van der Waals surface area contributed by atoms with Crippen LogP contribution in [-0.2, 0) is 4.74 Å². The summed E-state index contributed by atoms with van der Waals surface area (Å²) in [5, 5.41) is 6.03. The van der Waals surface area contributed by atoms with Gasteiger partial charge in [0.25, 0.3) is 0 Å². The van der Waals surface area contributed by atoms with Crippen LogP contribution in [0, 0.1) is 0 Å². The van der Waals surface area contributed by atoms with Crippen molar-refractivity contribution >= 4 is 34.4 Å². The van der Waals surface area contributed by atoms with Gasteiger partial charge >= 0.3 is 0 Å². The zero-order valence-corrected chi connectivity index (χ0v) is 15.2. The third-order valence-corrected chi connectivity index (χ3v) is 4.95. The normalized spacial score (nSPS) is 11.8. The maximum atomic E-state index is 5.64. The first-order valence-corrected chi connectivity index (χ1v) is 8.69. The lowest BCUT2D eigenvalue weighted by Gasteiger charge is -2.31. The summed E-state index contributed by atoms with van der Waals surface area (Å²) in [5.74, 6) is 0.769. The number of rotatable bonds is 7. The van der Waals surface area contributed by atoms with E-state index in [9.17, 15) is 0 Å².